The van der Waals surface area contributed by atoms with Gasteiger partial charge in [0.2, 0.25) is 0 Å². The van der Waals surface area contributed by atoms with E-state index in [0.717, 1.165) is 5.92 Å². The molecule has 2 atom stereocenters. The summed E-state index contributed by atoms with van der Waals surface area (Å²) < 4.78 is 0. The quantitative estimate of drug-likeness (QED) is 0.753. The highest BCUT2D eigenvalue weighted by molar-refractivity contribution is 5.28. The highest BCUT2D eigenvalue weighted by Crippen LogP contribution is 2.45. The molecule has 1 nitrogen and oxygen atoms in total. The lowest BCUT2D eigenvalue weighted by Crippen LogP contribution is -2.71. The van der Waals surface area contributed by atoms with Crippen LogP contribution < -0.4 is 0 Å². The maximum atomic E-state index is 2.65. The normalized spacial score (nSPS) is 26.0. The van der Waals surface area contributed by atoms with E-state index >= 15 is 0 Å². The van der Waals surface area contributed by atoms with E-state index in [-0.39, 0.29) is 5.41 Å². The second kappa shape index (κ2) is 5.43. The number of hydrogen-bond donors (Lipinski definition) is 0. The molecule has 0 radical (unpaired) electrons. The zero-order chi connectivity index (χ0) is 16.0. The molecular weight excluding hydrogens is 254 g/mol. The molecular formula is C20H33N. The van der Waals surface area contributed by atoms with Crippen molar-refractivity contribution in [1.82, 2.24) is 4.90 Å². The number of benzene rings is 1. The highest BCUT2D eigenvalue weighted by atomic mass is 15.3. The van der Waals surface area contributed by atoms with E-state index in [1.54, 1.807) is 0 Å². The van der Waals surface area contributed by atoms with Crippen LogP contribution in [0.4, 0.5) is 0 Å². The molecule has 1 aromatic rings. The molecule has 0 N–H and O–H groups in total. The van der Waals surface area contributed by atoms with Crippen LogP contribution in [0.5, 0.6) is 0 Å². The van der Waals surface area contributed by atoms with Crippen LogP contribution in [0.15, 0.2) is 24.3 Å². The molecule has 2 unspecified atom stereocenters. The van der Waals surface area contributed by atoms with Crippen molar-refractivity contribution < 1.29 is 0 Å². The molecule has 1 heteroatoms. The molecule has 0 saturated carbocycles. The Morgan fingerprint density at radius 3 is 2.00 bits per heavy atom. The van der Waals surface area contributed by atoms with Gasteiger partial charge in [0, 0.05) is 17.6 Å². The van der Waals surface area contributed by atoms with Crippen LogP contribution in [0.3, 0.4) is 0 Å². The lowest BCUT2D eigenvalue weighted by atomic mass is 9.67. The van der Waals surface area contributed by atoms with Gasteiger partial charge < -0.3 is 0 Å². The smallest absolute Gasteiger partial charge is 0.0205 e. The van der Waals surface area contributed by atoms with Gasteiger partial charge in [-0.1, -0.05) is 45.0 Å². The summed E-state index contributed by atoms with van der Waals surface area (Å²) >= 11 is 0. The fraction of sp³-hybridized carbons (Fsp3) is 0.700. The van der Waals surface area contributed by atoms with Crippen molar-refractivity contribution >= 4 is 0 Å². The van der Waals surface area contributed by atoms with Crippen LogP contribution >= 0.6 is 0 Å². The second-order valence-corrected chi connectivity index (χ2v) is 8.65. The molecule has 0 aromatic heterocycles. The molecule has 2 rings (SSSR count). The first kappa shape index (κ1) is 16.5. The van der Waals surface area contributed by atoms with Crippen molar-refractivity contribution in [1.29, 1.82) is 0 Å². The average molecular weight is 287 g/mol. The zero-order valence-corrected chi connectivity index (χ0v) is 15.2. The summed E-state index contributed by atoms with van der Waals surface area (Å²) in [4.78, 5) is 2.65. The number of nitrogens with zero attached hydrogens (tertiary/aromatic N) is 1. The van der Waals surface area contributed by atoms with Gasteiger partial charge in [-0.2, -0.15) is 0 Å². The third-order valence-corrected chi connectivity index (χ3v) is 5.43. The Morgan fingerprint density at radius 1 is 1.10 bits per heavy atom. The van der Waals surface area contributed by atoms with Crippen LogP contribution in [0, 0.1) is 5.92 Å². The van der Waals surface area contributed by atoms with Crippen molar-refractivity contribution in [2.45, 2.75) is 84.8 Å². The third kappa shape index (κ3) is 3.04. The average Bonchev–Trinajstić information content (AvgIpc) is 2.34. The van der Waals surface area contributed by atoms with Gasteiger partial charge in [-0.3, -0.25) is 4.90 Å². The van der Waals surface area contributed by atoms with E-state index < -0.39 is 0 Å². The fourth-order valence-electron chi connectivity index (χ4n) is 4.37. The van der Waals surface area contributed by atoms with Gasteiger partial charge in [-0.05, 0) is 63.5 Å². The highest BCUT2D eigenvalue weighted by Gasteiger charge is 2.52. The van der Waals surface area contributed by atoms with Crippen molar-refractivity contribution in [2.24, 2.45) is 5.92 Å². The summed E-state index contributed by atoms with van der Waals surface area (Å²) in [6, 6.07) is 10.6. The first-order valence-electron chi connectivity index (χ1n) is 8.43. The largest absolute Gasteiger partial charge is 0.292 e. The number of hydrogen-bond acceptors (Lipinski definition) is 1. The molecule has 1 heterocycles. The lowest BCUT2D eigenvalue weighted by molar-refractivity contribution is -0.129. The van der Waals surface area contributed by atoms with Crippen molar-refractivity contribution in [2.75, 3.05) is 0 Å². The zero-order valence-electron chi connectivity index (χ0n) is 15.2. The molecule has 1 fully saturated rings. The predicted molar refractivity (Wildman–Crippen MR) is 92.9 cm³/mol. The van der Waals surface area contributed by atoms with Crippen LogP contribution in [-0.2, 0) is 11.8 Å². The maximum absolute atomic E-state index is 2.65. The van der Waals surface area contributed by atoms with Crippen LogP contribution in [0.1, 0.15) is 66.5 Å². The standard InChI is InChI=1S/C20H33N/c1-14(2)21-15(3)18(20(21,7)8)13-16-9-11-17(12-10-16)19(4,5)6/h9-12,14-15,18H,13H2,1-8H3. The van der Waals surface area contributed by atoms with Crippen LogP contribution in [0.2, 0.25) is 0 Å². The Kier molecular flexibility index (Phi) is 4.28. The Balaban J connectivity index is 2.09. The lowest BCUT2D eigenvalue weighted by Gasteiger charge is -2.63. The van der Waals surface area contributed by atoms with Gasteiger partial charge in [-0.25, -0.2) is 0 Å². The predicted octanol–water partition coefficient (Wildman–Crippen LogP) is 5.03. The molecule has 0 aliphatic carbocycles. The van der Waals surface area contributed by atoms with E-state index in [9.17, 15) is 0 Å². The minimum Gasteiger partial charge on any atom is -0.292 e. The van der Waals surface area contributed by atoms with E-state index in [4.69, 9.17) is 0 Å². The van der Waals surface area contributed by atoms with Gasteiger partial charge in [0.25, 0.3) is 0 Å². The summed E-state index contributed by atoms with van der Waals surface area (Å²) in [6.07, 6.45) is 1.20. The topological polar surface area (TPSA) is 3.24 Å². The summed E-state index contributed by atoms with van der Waals surface area (Å²) in [7, 11) is 0. The Bertz CT molecular complexity index is 476. The fourth-order valence-corrected chi connectivity index (χ4v) is 4.37. The van der Waals surface area contributed by atoms with Gasteiger partial charge in [0.1, 0.15) is 0 Å². The maximum Gasteiger partial charge on any atom is 0.0205 e. The molecule has 0 bridgehead atoms. The molecule has 1 saturated heterocycles. The Labute approximate surface area is 131 Å². The summed E-state index contributed by atoms with van der Waals surface area (Å²) in [5.41, 5.74) is 3.47. The van der Waals surface area contributed by atoms with Gasteiger partial charge in [0.05, 0.1) is 0 Å². The van der Waals surface area contributed by atoms with E-state index in [0.29, 0.717) is 17.6 Å². The molecule has 1 aromatic carbocycles. The van der Waals surface area contributed by atoms with Crippen LogP contribution in [-0.4, -0.2) is 22.5 Å². The first-order chi connectivity index (χ1) is 9.55. The number of rotatable bonds is 3. The summed E-state index contributed by atoms with van der Waals surface area (Å²) in [6.45, 7) is 18.7. The van der Waals surface area contributed by atoms with E-state index in [2.05, 4.69) is 84.6 Å². The van der Waals surface area contributed by atoms with E-state index in [1.165, 1.54) is 17.5 Å². The molecule has 21 heavy (non-hydrogen) atoms. The Hall–Kier alpha value is -0.820. The summed E-state index contributed by atoms with van der Waals surface area (Å²) in [5, 5.41) is 0. The second-order valence-electron chi connectivity index (χ2n) is 8.65. The van der Waals surface area contributed by atoms with Gasteiger partial charge >= 0.3 is 0 Å². The summed E-state index contributed by atoms with van der Waals surface area (Å²) in [5.74, 6) is 0.750. The minimum atomic E-state index is 0.246. The SMILES string of the molecule is CC(C)N1C(C)C(Cc2ccc(C(C)(C)C)cc2)C1(C)C. The molecule has 1 aliphatic rings. The molecule has 0 amide bonds. The van der Waals surface area contributed by atoms with Gasteiger partial charge in [0.15, 0.2) is 0 Å². The van der Waals surface area contributed by atoms with Crippen molar-refractivity contribution in [3.05, 3.63) is 35.4 Å². The van der Waals surface area contributed by atoms with Gasteiger partial charge in [-0.15, -0.1) is 0 Å². The van der Waals surface area contributed by atoms with Crippen molar-refractivity contribution in [3.8, 4) is 0 Å². The van der Waals surface area contributed by atoms with E-state index in [1.807, 2.05) is 0 Å². The Morgan fingerprint density at radius 2 is 1.62 bits per heavy atom. The minimum absolute atomic E-state index is 0.246. The molecule has 118 valence electrons. The monoisotopic (exact) mass is 287 g/mol. The van der Waals surface area contributed by atoms with Crippen molar-refractivity contribution in [3.63, 3.8) is 0 Å². The molecule has 0 spiro atoms. The number of likely N-dealkylation sites (tertiary alicyclic amines) is 1. The first-order valence-corrected chi connectivity index (χ1v) is 8.43. The van der Waals surface area contributed by atoms with Crippen LogP contribution in [0.25, 0.3) is 0 Å². The molecule has 1 aliphatic heterocycles. The third-order valence-electron chi connectivity index (χ3n) is 5.43.